The van der Waals surface area contributed by atoms with Crippen LogP contribution in [0.1, 0.15) is 32.8 Å². The number of rotatable bonds is 5. The Morgan fingerprint density at radius 3 is 2.35 bits per heavy atom. The van der Waals surface area contributed by atoms with Crippen molar-refractivity contribution in [3.05, 3.63) is 29.8 Å². The van der Waals surface area contributed by atoms with E-state index in [4.69, 9.17) is 5.73 Å². The van der Waals surface area contributed by atoms with Gasteiger partial charge in [-0.25, -0.2) is 0 Å². The molecular weight excluding hydrogens is 212 g/mol. The van der Waals surface area contributed by atoms with Gasteiger partial charge in [0.15, 0.2) is 0 Å². The molecule has 0 heterocycles. The van der Waals surface area contributed by atoms with Gasteiger partial charge in [0.2, 0.25) is 5.91 Å². The van der Waals surface area contributed by atoms with Crippen LogP contribution in [0.15, 0.2) is 24.3 Å². The Morgan fingerprint density at radius 2 is 1.88 bits per heavy atom. The van der Waals surface area contributed by atoms with Gasteiger partial charge < -0.3 is 10.6 Å². The summed E-state index contributed by atoms with van der Waals surface area (Å²) in [6.45, 7) is 7.55. The largest absolute Gasteiger partial charge is 0.399 e. The Labute approximate surface area is 104 Å². The van der Waals surface area contributed by atoms with Crippen LogP contribution >= 0.6 is 0 Å². The van der Waals surface area contributed by atoms with Gasteiger partial charge in [0.1, 0.15) is 0 Å². The highest BCUT2D eigenvalue weighted by Gasteiger charge is 2.13. The number of amides is 1. The van der Waals surface area contributed by atoms with E-state index in [1.54, 1.807) is 0 Å². The van der Waals surface area contributed by atoms with Gasteiger partial charge >= 0.3 is 0 Å². The molecule has 1 rings (SSSR count). The second-order valence-corrected chi connectivity index (χ2v) is 4.75. The van der Waals surface area contributed by atoms with Crippen molar-refractivity contribution in [1.29, 1.82) is 0 Å². The molecule has 1 aromatic carbocycles. The van der Waals surface area contributed by atoms with E-state index in [9.17, 15) is 4.79 Å². The molecule has 3 heteroatoms. The van der Waals surface area contributed by atoms with Crippen molar-refractivity contribution in [2.45, 2.75) is 33.7 Å². The summed E-state index contributed by atoms with van der Waals surface area (Å²) < 4.78 is 0. The molecule has 0 fully saturated rings. The molecule has 0 aliphatic heterocycles. The molecule has 0 radical (unpaired) electrons. The van der Waals surface area contributed by atoms with Crippen LogP contribution < -0.4 is 5.73 Å². The minimum absolute atomic E-state index is 0.222. The van der Waals surface area contributed by atoms with Crippen molar-refractivity contribution in [2.24, 2.45) is 5.92 Å². The number of carbonyl (C=O) groups is 1. The van der Waals surface area contributed by atoms with Crippen molar-refractivity contribution in [2.75, 3.05) is 12.3 Å². The van der Waals surface area contributed by atoms with E-state index in [1.807, 2.05) is 36.1 Å². The third kappa shape index (κ3) is 4.47. The second-order valence-electron chi connectivity index (χ2n) is 4.75. The minimum Gasteiger partial charge on any atom is -0.399 e. The monoisotopic (exact) mass is 234 g/mol. The van der Waals surface area contributed by atoms with Crippen molar-refractivity contribution in [3.63, 3.8) is 0 Å². The quantitative estimate of drug-likeness (QED) is 0.796. The topological polar surface area (TPSA) is 46.3 Å². The standard InChI is InChI=1S/C14H22N2O/c1-4-16(14(17)9-11(2)3)10-12-5-7-13(15)8-6-12/h5-8,11H,4,9-10,15H2,1-3H3. The number of nitrogens with zero attached hydrogens (tertiary/aromatic N) is 1. The fraction of sp³-hybridized carbons (Fsp3) is 0.500. The highest BCUT2D eigenvalue weighted by molar-refractivity contribution is 5.76. The number of anilines is 1. The Kier molecular flexibility index (Phi) is 5.01. The smallest absolute Gasteiger partial charge is 0.223 e. The molecule has 2 N–H and O–H groups in total. The van der Waals surface area contributed by atoms with E-state index in [0.29, 0.717) is 18.9 Å². The third-order valence-corrected chi connectivity index (χ3v) is 2.67. The van der Waals surface area contributed by atoms with Crippen LogP contribution in [-0.2, 0) is 11.3 Å². The van der Waals surface area contributed by atoms with E-state index in [2.05, 4.69) is 13.8 Å². The fourth-order valence-corrected chi connectivity index (χ4v) is 1.70. The first-order chi connectivity index (χ1) is 8.02. The van der Waals surface area contributed by atoms with Crippen molar-refractivity contribution < 1.29 is 4.79 Å². The maximum atomic E-state index is 12.0. The predicted octanol–water partition coefficient (Wildman–Crippen LogP) is 2.66. The first kappa shape index (κ1) is 13.6. The molecule has 0 spiro atoms. The molecule has 94 valence electrons. The van der Waals surface area contributed by atoms with Crippen LogP contribution in [0, 0.1) is 5.92 Å². The summed E-state index contributed by atoms with van der Waals surface area (Å²) in [6.07, 6.45) is 0.614. The zero-order valence-corrected chi connectivity index (χ0v) is 10.9. The molecule has 3 nitrogen and oxygen atoms in total. The molecule has 0 unspecified atom stereocenters. The summed E-state index contributed by atoms with van der Waals surface area (Å²) in [5.41, 5.74) is 7.51. The molecule has 0 atom stereocenters. The number of nitrogens with two attached hydrogens (primary N) is 1. The summed E-state index contributed by atoms with van der Waals surface area (Å²) >= 11 is 0. The van der Waals surface area contributed by atoms with Crippen molar-refractivity contribution in [3.8, 4) is 0 Å². The second kappa shape index (κ2) is 6.28. The number of carbonyl (C=O) groups excluding carboxylic acids is 1. The Bertz CT molecular complexity index is 357. The van der Waals surface area contributed by atoms with Gasteiger partial charge in [0.05, 0.1) is 0 Å². The van der Waals surface area contributed by atoms with Crippen molar-refractivity contribution >= 4 is 11.6 Å². The maximum absolute atomic E-state index is 12.0. The SMILES string of the molecule is CCN(Cc1ccc(N)cc1)C(=O)CC(C)C. The van der Waals surface area contributed by atoms with Gasteiger partial charge in [-0.1, -0.05) is 26.0 Å². The Hall–Kier alpha value is -1.51. The summed E-state index contributed by atoms with van der Waals surface area (Å²) in [7, 11) is 0. The highest BCUT2D eigenvalue weighted by Crippen LogP contribution is 2.11. The van der Waals surface area contributed by atoms with Crippen LogP contribution in [0.5, 0.6) is 0 Å². The Balaban J connectivity index is 2.63. The summed E-state index contributed by atoms with van der Waals surface area (Å²) in [4.78, 5) is 13.8. The molecule has 0 aliphatic carbocycles. The molecule has 0 aromatic heterocycles. The first-order valence-electron chi connectivity index (χ1n) is 6.15. The predicted molar refractivity (Wildman–Crippen MR) is 71.4 cm³/mol. The van der Waals surface area contributed by atoms with E-state index in [-0.39, 0.29) is 5.91 Å². The summed E-state index contributed by atoms with van der Waals surface area (Å²) in [6, 6.07) is 7.69. The lowest BCUT2D eigenvalue weighted by Crippen LogP contribution is -2.31. The molecule has 0 saturated heterocycles. The number of benzene rings is 1. The fourth-order valence-electron chi connectivity index (χ4n) is 1.70. The number of hydrogen-bond acceptors (Lipinski definition) is 2. The third-order valence-electron chi connectivity index (χ3n) is 2.67. The molecule has 17 heavy (non-hydrogen) atoms. The zero-order chi connectivity index (χ0) is 12.8. The van der Waals surface area contributed by atoms with Gasteiger partial charge in [0, 0.05) is 25.2 Å². The van der Waals surface area contributed by atoms with E-state index < -0.39 is 0 Å². The highest BCUT2D eigenvalue weighted by atomic mass is 16.2. The van der Waals surface area contributed by atoms with Crippen LogP contribution in [0.25, 0.3) is 0 Å². The van der Waals surface area contributed by atoms with E-state index in [0.717, 1.165) is 17.8 Å². The van der Waals surface area contributed by atoms with Gasteiger partial charge in [-0.2, -0.15) is 0 Å². The average Bonchev–Trinajstić information content (AvgIpc) is 2.27. The minimum atomic E-state index is 0.222. The summed E-state index contributed by atoms with van der Waals surface area (Å²) in [5.74, 6) is 0.627. The lowest BCUT2D eigenvalue weighted by atomic mass is 10.1. The van der Waals surface area contributed by atoms with Crippen LogP contribution in [-0.4, -0.2) is 17.4 Å². The number of hydrogen-bond donors (Lipinski definition) is 1. The van der Waals surface area contributed by atoms with E-state index in [1.165, 1.54) is 0 Å². The molecule has 1 amide bonds. The first-order valence-corrected chi connectivity index (χ1v) is 6.15. The van der Waals surface area contributed by atoms with Crippen molar-refractivity contribution in [1.82, 2.24) is 4.90 Å². The van der Waals surface area contributed by atoms with E-state index >= 15 is 0 Å². The molecule has 0 aliphatic rings. The van der Waals surface area contributed by atoms with Crippen LogP contribution in [0.4, 0.5) is 5.69 Å². The normalized spacial score (nSPS) is 10.6. The lowest BCUT2D eigenvalue weighted by Gasteiger charge is -2.22. The van der Waals surface area contributed by atoms with Gasteiger partial charge in [-0.15, -0.1) is 0 Å². The zero-order valence-electron chi connectivity index (χ0n) is 10.9. The number of nitrogen functional groups attached to an aromatic ring is 1. The average molecular weight is 234 g/mol. The van der Waals surface area contributed by atoms with Crippen LogP contribution in [0.2, 0.25) is 0 Å². The molecule has 0 bridgehead atoms. The maximum Gasteiger partial charge on any atom is 0.223 e. The van der Waals surface area contributed by atoms with Gasteiger partial charge in [-0.05, 0) is 30.5 Å². The van der Waals surface area contributed by atoms with Gasteiger partial charge in [-0.3, -0.25) is 4.79 Å². The molecule has 1 aromatic rings. The molecule has 0 saturated carbocycles. The lowest BCUT2D eigenvalue weighted by molar-refractivity contribution is -0.132. The summed E-state index contributed by atoms with van der Waals surface area (Å²) in [5, 5.41) is 0. The Morgan fingerprint density at radius 1 is 1.29 bits per heavy atom. The van der Waals surface area contributed by atoms with Gasteiger partial charge in [0.25, 0.3) is 0 Å². The van der Waals surface area contributed by atoms with Crippen LogP contribution in [0.3, 0.4) is 0 Å². The molecular formula is C14H22N2O.